The molecule has 218 valence electrons. The lowest BCUT2D eigenvalue weighted by molar-refractivity contribution is -0.173. The van der Waals surface area contributed by atoms with E-state index in [1.807, 2.05) is 18.2 Å². The van der Waals surface area contributed by atoms with Crippen molar-refractivity contribution in [2.45, 2.75) is 70.6 Å². The summed E-state index contributed by atoms with van der Waals surface area (Å²) in [4.78, 5) is 39.1. The average molecular weight is 565 g/mol. The van der Waals surface area contributed by atoms with E-state index in [-0.39, 0.29) is 44.0 Å². The first-order chi connectivity index (χ1) is 18.7. The number of hydrogen-bond donors (Lipinski definition) is 1. The highest BCUT2D eigenvalue weighted by molar-refractivity contribution is 5.85. The van der Waals surface area contributed by atoms with E-state index in [4.69, 9.17) is 14.2 Å². The number of alkyl halides is 3. The van der Waals surface area contributed by atoms with Crippen LogP contribution in [0, 0.1) is 0 Å². The Balaban J connectivity index is 1.67. The molecule has 1 fully saturated rings. The number of likely N-dealkylation sites (tertiary alicyclic amines) is 1. The normalized spacial score (nSPS) is 16.1. The second-order valence-corrected chi connectivity index (χ2v) is 10.7. The smallest absolute Gasteiger partial charge is 0.416 e. The van der Waals surface area contributed by atoms with Gasteiger partial charge in [-0.25, -0.2) is 9.59 Å². The van der Waals surface area contributed by atoms with Crippen LogP contribution in [0.15, 0.2) is 54.6 Å². The molecule has 2 amide bonds. The number of carbonyl (C=O) groups is 3. The number of rotatable bonds is 8. The molecule has 0 spiro atoms. The first kappa shape index (κ1) is 30.9. The highest BCUT2D eigenvalue weighted by Crippen LogP contribution is 2.40. The number of alkyl carbamates (subject to hydrolysis) is 1. The second kappa shape index (κ2) is 12.7. The fourth-order valence-corrected chi connectivity index (χ4v) is 4.43. The number of piperidine rings is 1. The topological polar surface area (TPSA) is 94.2 Å². The van der Waals surface area contributed by atoms with E-state index in [2.05, 4.69) is 5.32 Å². The van der Waals surface area contributed by atoms with Gasteiger partial charge in [-0.2, -0.15) is 13.2 Å². The van der Waals surface area contributed by atoms with Crippen molar-refractivity contribution in [3.8, 4) is 0 Å². The predicted molar refractivity (Wildman–Crippen MR) is 140 cm³/mol. The maximum Gasteiger partial charge on any atom is 0.416 e. The van der Waals surface area contributed by atoms with Gasteiger partial charge in [-0.3, -0.25) is 4.79 Å². The van der Waals surface area contributed by atoms with Gasteiger partial charge in [0.05, 0.1) is 11.2 Å². The van der Waals surface area contributed by atoms with Crippen molar-refractivity contribution >= 4 is 18.0 Å². The molecule has 1 aliphatic rings. The standard InChI is InChI=1S/C29H35F3N2O6/c1-20(33-26(37)38-18-21-9-6-5-7-10-21)25(36)34-15-13-28(14-16-34,39-19-24(35)40-27(2,3)4)22-11-8-12-23(17-22)29(30,31)32/h5-12,17,20H,13-16,18-19H2,1-4H3,(H,33,37)/t20-/m0/s1. The van der Waals surface area contributed by atoms with Gasteiger partial charge in [0.1, 0.15) is 24.9 Å². The van der Waals surface area contributed by atoms with Crippen molar-refractivity contribution in [1.82, 2.24) is 10.2 Å². The minimum absolute atomic E-state index is 0.0474. The van der Waals surface area contributed by atoms with Crippen LogP contribution in [-0.4, -0.2) is 54.2 Å². The molecule has 0 aromatic heterocycles. The third-order valence-electron chi connectivity index (χ3n) is 6.40. The third-order valence-corrected chi connectivity index (χ3v) is 6.40. The molecule has 2 aromatic rings. The fraction of sp³-hybridized carbons (Fsp3) is 0.483. The predicted octanol–water partition coefficient (Wildman–Crippen LogP) is 5.20. The molecule has 2 aromatic carbocycles. The fourth-order valence-electron chi connectivity index (χ4n) is 4.43. The number of benzene rings is 2. The van der Waals surface area contributed by atoms with E-state index in [0.29, 0.717) is 0 Å². The van der Waals surface area contributed by atoms with Crippen molar-refractivity contribution in [2.24, 2.45) is 0 Å². The minimum atomic E-state index is -4.56. The van der Waals surface area contributed by atoms with E-state index < -0.39 is 47.7 Å². The number of amides is 2. The maximum absolute atomic E-state index is 13.5. The zero-order valence-electron chi connectivity index (χ0n) is 23.0. The summed E-state index contributed by atoms with van der Waals surface area (Å²) in [7, 11) is 0. The Morgan fingerprint density at radius 1 is 1.00 bits per heavy atom. The van der Waals surface area contributed by atoms with Crippen LogP contribution in [0.1, 0.15) is 57.2 Å². The number of carbonyl (C=O) groups excluding carboxylic acids is 3. The molecular weight excluding hydrogens is 529 g/mol. The Morgan fingerprint density at radius 2 is 1.65 bits per heavy atom. The molecule has 11 heteroatoms. The third kappa shape index (κ3) is 8.70. The molecule has 1 N–H and O–H groups in total. The van der Waals surface area contributed by atoms with Crippen molar-refractivity contribution < 1.29 is 41.8 Å². The molecular formula is C29H35F3N2O6. The molecule has 0 saturated carbocycles. The van der Waals surface area contributed by atoms with E-state index in [1.54, 1.807) is 32.9 Å². The summed E-state index contributed by atoms with van der Waals surface area (Å²) in [5, 5.41) is 2.52. The number of esters is 1. The quantitative estimate of drug-likeness (QED) is 0.444. The Labute approximate surface area is 231 Å². The van der Waals surface area contributed by atoms with Crippen LogP contribution in [0.25, 0.3) is 0 Å². The maximum atomic E-state index is 13.5. The van der Waals surface area contributed by atoms with Crippen molar-refractivity contribution in [3.63, 3.8) is 0 Å². The molecule has 0 radical (unpaired) electrons. The van der Waals surface area contributed by atoms with E-state index in [1.165, 1.54) is 24.0 Å². The van der Waals surface area contributed by atoms with Crippen LogP contribution in [0.5, 0.6) is 0 Å². The Kier molecular flexibility index (Phi) is 9.83. The highest BCUT2D eigenvalue weighted by Gasteiger charge is 2.41. The summed E-state index contributed by atoms with van der Waals surface area (Å²) in [5.74, 6) is -1.02. The summed E-state index contributed by atoms with van der Waals surface area (Å²) in [6.45, 7) is 6.47. The second-order valence-electron chi connectivity index (χ2n) is 10.7. The first-order valence-electron chi connectivity index (χ1n) is 13.0. The van der Waals surface area contributed by atoms with Crippen LogP contribution in [0.4, 0.5) is 18.0 Å². The van der Waals surface area contributed by atoms with Crippen LogP contribution in [0.3, 0.4) is 0 Å². The number of nitrogens with zero attached hydrogens (tertiary/aromatic N) is 1. The lowest BCUT2D eigenvalue weighted by Gasteiger charge is -2.42. The van der Waals surface area contributed by atoms with Crippen molar-refractivity contribution in [3.05, 3.63) is 71.3 Å². The summed E-state index contributed by atoms with van der Waals surface area (Å²) >= 11 is 0. The average Bonchev–Trinajstić information content (AvgIpc) is 2.90. The molecule has 0 bridgehead atoms. The van der Waals surface area contributed by atoms with Crippen molar-refractivity contribution in [1.29, 1.82) is 0 Å². The van der Waals surface area contributed by atoms with E-state index in [0.717, 1.165) is 17.7 Å². The molecule has 1 heterocycles. The van der Waals surface area contributed by atoms with Crippen LogP contribution >= 0.6 is 0 Å². The van der Waals surface area contributed by atoms with Gasteiger partial charge in [-0.15, -0.1) is 0 Å². The summed E-state index contributed by atoms with van der Waals surface area (Å²) in [5.41, 5.74) is -1.79. The van der Waals surface area contributed by atoms with Gasteiger partial charge in [0, 0.05) is 13.1 Å². The van der Waals surface area contributed by atoms with E-state index in [9.17, 15) is 27.6 Å². The van der Waals surface area contributed by atoms with Gasteiger partial charge in [0.25, 0.3) is 0 Å². The molecule has 1 saturated heterocycles. The number of halogens is 3. The van der Waals surface area contributed by atoms with Crippen LogP contribution in [0.2, 0.25) is 0 Å². The Bertz CT molecular complexity index is 1170. The summed E-state index contributed by atoms with van der Waals surface area (Å²) in [6.07, 6.45) is -5.04. The van der Waals surface area contributed by atoms with Crippen LogP contribution in [-0.2, 0) is 42.2 Å². The zero-order chi connectivity index (χ0) is 29.6. The lowest BCUT2D eigenvalue weighted by atomic mass is 9.83. The molecule has 1 aliphatic heterocycles. The Hall–Kier alpha value is -3.60. The number of hydrogen-bond acceptors (Lipinski definition) is 6. The van der Waals surface area contributed by atoms with Crippen molar-refractivity contribution in [2.75, 3.05) is 19.7 Å². The molecule has 0 aliphatic carbocycles. The SMILES string of the molecule is C[C@H](NC(=O)OCc1ccccc1)C(=O)N1CCC(OCC(=O)OC(C)(C)C)(c2cccc(C(F)(F)F)c2)CC1. The molecule has 0 unspecified atom stereocenters. The first-order valence-corrected chi connectivity index (χ1v) is 13.0. The van der Waals surface area contributed by atoms with Gasteiger partial charge in [0.2, 0.25) is 5.91 Å². The van der Waals surface area contributed by atoms with Gasteiger partial charge < -0.3 is 24.4 Å². The van der Waals surface area contributed by atoms with Gasteiger partial charge in [-0.1, -0.05) is 42.5 Å². The van der Waals surface area contributed by atoms with Gasteiger partial charge >= 0.3 is 18.2 Å². The number of nitrogens with one attached hydrogen (secondary N) is 1. The largest absolute Gasteiger partial charge is 0.458 e. The molecule has 1 atom stereocenters. The molecule has 3 rings (SSSR count). The Morgan fingerprint density at radius 3 is 2.25 bits per heavy atom. The van der Waals surface area contributed by atoms with E-state index >= 15 is 0 Å². The highest BCUT2D eigenvalue weighted by atomic mass is 19.4. The lowest BCUT2D eigenvalue weighted by Crippen LogP contribution is -2.52. The molecule has 8 nitrogen and oxygen atoms in total. The monoisotopic (exact) mass is 564 g/mol. The zero-order valence-corrected chi connectivity index (χ0v) is 23.0. The van der Waals surface area contributed by atoms with Gasteiger partial charge in [-0.05, 0) is 63.8 Å². The minimum Gasteiger partial charge on any atom is -0.458 e. The summed E-state index contributed by atoms with van der Waals surface area (Å²) < 4.78 is 56.8. The number of ether oxygens (including phenoxy) is 3. The molecule has 40 heavy (non-hydrogen) atoms. The van der Waals surface area contributed by atoms with Gasteiger partial charge in [0.15, 0.2) is 0 Å². The summed E-state index contributed by atoms with van der Waals surface area (Å²) in [6, 6.07) is 13.0. The van der Waals surface area contributed by atoms with Crippen LogP contribution < -0.4 is 5.32 Å².